The Labute approximate surface area is 135 Å². The third-order valence-corrected chi connectivity index (χ3v) is 6.50. The van der Waals surface area contributed by atoms with Gasteiger partial charge in [-0.05, 0) is 53.8 Å². The second-order valence-electron chi connectivity index (χ2n) is 5.64. The summed E-state index contributed by atoms with van der Waals surface area (Å²) < 4.78 is 23.5. The molecule has 0 spiro atoms. The van der Waals surface area contributed by atoms with Crippen LogP contribution in [-0.2, 0) is 15.5 Å². The molecule has 0 aliphatic rings. The predicted molar refractivity (Wildman–Crippen MR) is 90.7 cm³/mol. The van der Waals surface area contributed by atoms with Crippen molar-refractivity contribution in [1.29, 1.82) is 0 Å². The Balaban J connectivity index is 2.36. The van der Waals surface area contributed by atoms with Crippen molar-refractivity contribution < 1.29 is 8.42 Å². The van der Waals surface area contributed by atoms with E-state index in [1.165, 1.54) is 5.56 Å². The summed E-state index contributed by atoms with van der Waals surface area (Å²) in [5, 5.41) is 1.76. The minimum atomic E-state index is -3.70. The lowest BCUT2D eigenvalue weighted by molar-refractivity contribution is 0.586. The molecule has 2 nitrogen and oxygen atoms in total. The highest BCUT2D eigenvalue weighted by atomic mass is 35.7. The van der Waals surface area contributed by atoms with E-state index in [4.69, 9.17) is 10.7 Å². The number of aryl methyl sites for hydroxylation is 2. The van der Waals surface area contributed by atoms with Gasteiger partial charge in [0, 0.05) is 16.2 Å². The summed E-state index contributed by atoms with van der Waals surface area (Å²) in [5.74, 6) is 0.676. The summed E-state index contributed by atoms with van der Waals surface area (Å²) in [6.45, 7) is 6.44. The number of halogens is 1. The van der Waals surface area contributed by atoms with Crippen LogP contribution in [-0.4, -0.2) is 8.42 Å². The van der Waals surface area contributed by atoms with Crippen LogP contribution < -0.4 is 0 Å². The van der Waals surface area contributed by atoms with Gasteiger partial charge in [0.1, 0.15) is 4.21 Å². The van der Waals surface area contributed by atoms with Crippen LogP contribution in [0.15, 0.2) is 33.9 Å². The normalized spacial score (nSPS) is 12.0. The van der Waals surface area contributed by atoms with Crippen molar-refractivity contribution in [2.45, 2.75) is 37.8 Å². The Morgan fingerprint density at radius 1 is 1.19 bits per heavy atom. The van der Waals surface area contributed by atoms with Crippen LogP contribution in [0.3, 0.4) is 0 Å². The monoisotopic (exact) mass is 342 g/mol. The summed E-state index contributed by atoms with van der Waals surface area (Å²) >= 11 is 1.16. The molecule has 0 N–H and O–H groups in total. The first-order valence-corrected chi connectivity index (χ1v) is 10.1. The molecule has 2 aromatic rings. The molecular weight excluding hydrogens is 324 g/mol. The molecule has 2 rings (SSSR count). The number of thiophene rings is 1. The molecule has 0 saturated heterocycles. The number of rotatable bonds is 5. The Morgan fingerprint density at radius 3 is 2.48 bits per heavy atom. The zero-order valence-electron chi connectivity index (χ0n) is 12.4. The highest BCUT2D eigenvalue weighted by molar-refractivity contribution is 8.15. The predicted octanol–water partition coefficient (Wildman–Crippen LogP) is 5.24. The molecule has 0 radical (unpaired) electrons. The van der Waals surface area contributed by atoms with E-state index < -0.39 is 9.05 Å². The molecule has 0 fully saturated rings. The Morgan fingerprint density at radius 2 is 1.90 bits per heavy atom. The van der Waals surface area contributed by atoms with Crippen LogP contribution >= 0.6 is 22.0 Å². The van der Waals surface area contributed by atoms with E-state index in [0.717, 1.165) is 35.3 Å². The first kappa shape index (κ1) is 16.5. The maximum atomic E-state index is 11.6. The van der Waals surface area contributed by atoms with Gasteiger partial charge in [-0.2, -0.15) is 0 Å². The minimum absolute atomic E-state index is 0.224. The quantitative estimate of drug-likeness (QED) is 0.696. The molecule has 0 aliphatic heterocycles. The van der Waals surface area contributed by atoms with Gasteiger partial charge in [-0.1, -0.05) is 32.0 Å². The second kappa shape index (κ2) is 6.51. The minimum Gasteiger partial charge on any atom is -0.206 e. The van der Waals surface area contributed by atoms with Crippen LogP contribution in [0.25, 0.3) is 11.1 Å². The summed E-state index contributed by atoms with van der Waals surface area (Å²) in [7, 11) is 1.81. The molecule has 0 unspecified atom stereocenters. The highest BCUT2D eigenvalue weighted by Gasteiger charge is 2.19. The molecule has 0 saturated carbocycles. The first-order chi connectivity index (χ1) is 9.79. The molecule has 0 amide bonds. The van der Waals surface area contributed by atoms with Crippen molar-refractivity contribution in [3.05, 3.63) is 40.8 Å². The van der Waals surface area contributed by atoms with Crippen LogP contribution in [0.5, 0.6) is 0 Å². The topological polar surface area (TPSA) is 34.1 Å². The highest BCUT2D eigenvalue weighted by Crippen LogP contribution is 2.36. The standard InChI is InChI=1S/C16H19ClO2S2/c1-11(2)4-5-13-6-7-14(12(3)10-13)15-8-9-20-16(15)21(17,18)19/h6-11H,4-5H2,1-3H3. The van der Waals surface area contributed by atoms with Gasteiger partial charge < -0.3 is 0 Å². The first-order valence-electron chi connectivity index (χ1n) is 6.91. The number of hydrogen-bond acceptors (Lipinski definition) is 3. The van der Waals surface area contributed by atoms with Crippen molar-refractivity contribution in [2.24, 2.45) is 5.92 Å². The van der Waals surface area contributed by atoms with Crippen LogP contribution in [0.2, 0.25) is 0 Å². The zero-order valence-corrected chi connectivity index (χ0v) is 14.8. The van der Waals surface area contributed by atoms with Gasteiger partial charge in [-0.25, -0.2) is 8.42 Å². The Bertz CT molecular complexity index is 730. The van der Waals surface area contributed by atoms with Gasteiger partial charge >= 0.3 is 0 Å². The third kappa shape index (κ3) is 4.09. The van der Waals surface area contributed by atoms with Gasteiger partial charge in [-0.3, -0.25) is 0 Å². The van der Waals surface area contributed by atoms with E-state index >= 15 is 0 Å². The summed E-state index contributed by atoms with van der Waals surface area (Å²) in [6, 6.07) is 8.03. The molecule has 114 valence electrons. The van der Waals surface area contributed by atoms with E-state index in [2.05, 4.69) is 26.0 Å². The van der Waals surface area contributed by atoms with Crippen LogP contribution in [0, 0.1) is 12.8 Å². The Kier molecular flexibility index (Phi) is 5.12. The van der Waals surface area contributed by atoms with Crippen molar-refractivity contribution in [1.82, 2.24) is 0 Å². The SMILES string of the molecule is Cc1cc(CCC(C)C)ccc1-c1ccsc1S(=O)(=O)Cl. The van der Waals surface area contributed by atoms with Gasteiger partial charge in [-0.15, -0.1) is 11.3 Å². The van der Waals surface area contributed by atoms with Crippen molar-refractivity contribution in [3.63, 3.8) is 0 Å². The third-order valence-electron chi connectivity index (χ3n) is 3.44. The van der Waals surface area contributed by atoms with Crippen molar-refractivity contribution in [2.75, 3.05) is 0 Å². The largest absolute Gasteiger partial charge is 0.271 e. The van der Waals surface area contributed by atoms with Crippen molar-refractivity contribution in [3.8, 4) is 11.1 Å². The second-order valence-corrected chi connectivity index (χ2v) is 9.32. The van der Waals surface area contributed by atoms with Gasteiger partial charge in [0.2, 0.25) is 0 Å². The van der Waals surface area contributed by atoms with E-state index in [-0.39, 0.29) is 4.21 Å². The number of hydrogen-bond donors (Lipinski definition) is 0. The molecule has 1 aromatic carbocycles. The maximum Gasteiger partial charge on any atom is 0.271 e. The van der Waals surface area contributed by atoms with Crippen LogP contribution in [0.1, 0.15) is 31.4 Å². The molecule has 5 heteroatoms. The van der Waals surface area contributed by atoms with E-state index in [1.807, 2.05) is 19.1 Å². The molecule has 0 bridgehead atoms. The molecule has 21 heavy (non-hydrogen) atoms. The maximum absolute atomic E-state index is 11.6. The fourth-order valence-electron chi connectivity index (χ4n) is 2.32. The van der Waals surface area contributed by atoms with E-state index in [0.29, 0.717) is 11.5 Å². The van der Waals surface area contributed by atoms with Crippen molar-refractivity contribution >= 4 is 31.1 Å². The summed E-state index contributed by atoms with van der Waals surface area (Å²) in [4.78, 5) is 0. The van der Waals surface area contributed by atoms with Crippen LogP contribution in [0.4, 0.5) is 0 Å². The lowest BCUT2D eigenvalue weighted by Crippen LogP contribution is -1.95. The Hall–Kier alpha value is -0.840. The van der Waals surface area contributed by atoms with Gasteiger partial charge in [0.25, 0.3) is 9.05 Å². The number of benzene rings is 1. The lowest BCUT2D eigenvalue weighted by Gasteiger charge is -2.10. The fraction of sp³-hybridized carbons (Fsp3) is 0.375. The molecule has 1 heterocycles. The van der Waals surface area contributed by atoms with E-state index in [1.54, 1.807) is 5.38 Å². The zero-order chi connectivity index (χ0) is 15.6. The molecule has 1 aromatic heterocycles. The smallest absolute Gasteiger partial charge is 0.206 e. The summed E-state index contributed by atoms with van der Waals surface area (Å²) in [6.07, 6.45) is 2.20. The molecular formula is C16H19ClO2S2. The fourth-order valence-corrected chi connectivity index (χ4v) is 4.60. The van der Waals surface area contributed by atoms with Gasteiger partial charge in [0.15, 0.2) is 0 Å². The van der Waals surface area contributed by atoms with Gasteiger partial charge in [0.05, 0.1) is 0 Å². The average Bonchev–Trinajstić information content (AvgIpc) is 2.85. The van der Waals surface area contributed by atoms with E-state index in [9.17, 15) is 8.42 Å². The average molecular weight is 343 g/mol. The summed E-state index contributed by atoms with van der Waals surface area (Å²) in [5.41, 5.74) is 4.00. The lowest BCUT2D eigenvalue weighted by atomic mass is 9.97. The molecule has 0 aliphatic carbocycles. The molecule has 0 atom stereocenters.